The van der Waals surface area contributed by atoms with Crippen LogP contribution in [0.5, 0.6) is 0 Å². The SMILES string of the molecule is CC1(C)OB(c2ccc(CC3(O)CC4CCCC(C3)N4)cc2)OC1(C)C. The average Bonchev–Trinajstić information content (AvgIpc) is 2.75. The van der Waals surface area contributed by atoms with E-state index in [1.54, 1.807) is 0 Å². The van der Waals surface area contributed by atoms with Crippen LogP contribution in [0.2, 0.25) is 0 Å². The second-order valence-corrected chi connectivity index (χ2v) is 9.63. The fourth-order valence-corrected chi connectivity index (χ4v) is 4.73. The minimum absolute atomic E-state index is 0.321. The molecule has 2 unspecified atom stereocenters. The van der Waals surface area contributed by atoms with Crippen LogP contribution < -0.4 is 10.8 Å². The molecule has 1 aromatic rings. The summed E-state index contributed by atoms with van der Waals surface area (Å²) in [5.74, 6) is 0. The lowest BCUT2D eigenvalue weighted by atomic mass is 9.74. The zero-order chi connectivity index (χ0) is 18.6. The maximum atomic E-state index is 11.2. The molecule has 0 amide bonds. The van der Waals surface area contributed by atoms with E-state index < -0.39 is 5.60 Å². The molecule has 4 nitrogen and oxygen atoms in total. The van der Waals surface area contributed by atoms with E-state index >= 15 is 0 Å². The first-order chi connectivity index (χ1) is 12.2. The number of hydrogen-bond donors (Lipinski definition) is 2. The summed E-state index contributed by atoms with van der Waals surface area (Å²) >= 11 is 0. The van der Waals surface area contributed by atoms with Gasteiger partial charge in [-0.15, -0.1) is 0 Å². The van der Waals surface area contributed by atoms with Crippen LogP contribution in [0.25, 0.3) is 0 Å². The van der Waals surface area contributed by atoms with Crippen LogP contribution in [0.4, 0.5) is 0 Å². The van der Waals surface area contributed by atoms with Crippen molar-refractivity contribution < 1.29 is 14.4 Å². The van der Waals surface area contributed by atoms with Gasteiger partial charge < -0.3 is 19.7 Å². The minimum atomic E-state index is -0.577. The Morgan fingerprint density at radius 2 is 1.54 bits per heavy atom. The van der Waals surface area contributed by atoms with Gasteiger partial charge in [-0.05, 0) is 64.4 Å². The van der Waals surface area contributed by atoms with Gasteiger partial charge >= 0.3 is 7.12 Å². The molecule has 5 heteroatoms. The average molecular weight is 357 g/mol. The smallest absolute Gasteiger partial charge is 0.399 e. The largest absolute Gasteiger partial charge is 0.494 e. The molecule has 0 spiro atoms. The van der Waals surface area contributed by atoms with Crippen LogP contribution in [0.15, 0.2) is 24.3 Å². The Labute approximate surface area is 157 Å². The molecule has 1 aromatic carbocycles. The van der Waals surface area contributed by atoms with E-state index in [9.17, 15) is 5.11 Å². The zero-order valence-corrected chi connectivity index (χ0v) is 16.5. The maximum Gasteiger partial charge on any atom is 0.494 e. The van der Waals surface area contributed by atoms with Gasteiger partial charge in [0.1, 0.15) is 0 Å². The molecule has 0 aliphatic carbocycles. The predicted octanol–water partition coefficient (Wildman–Crippen LogP) is 2.56. The number of benzene rings is 1. The van der Waals surface area contributed by atoms with Crippen LogP contribution in [0.3, 0.4) is 0 Å². The van der Waals surface area contributed by atoms with Gasteiger partial charge in [-0.1, -0.05) is 30.7 Å². The summed E-state index contributed by atoms with van der Waals surface area (Å²) in [6, 6.07) is 9.38. The second-order valence-electron chi connectivity index (χ2n) is 9.63. The lowest BCUT2D eigenvalue weighted by molar-refractivity contribution is -0.0302. The highest BCUT2D eigenvalue weighted by Gasteiger charge is 2.51. The van der Waals surface area contributed by atoms with E-state index in [1.807, 2.05) is 0 Å². The highest BCUT2D eigenvalue weighted by Crippen LogP contribution is 2.37. The molecule has 2 N–H and O–H groups in total. The van der Waals surface area contributed by atoms with Crippen LogP contribution in [0.1, 0.15) is 65.4 Å². The van der Waals surface area contributed by atoms with Gasteiger partial charge in [0.25, 0.3) is 0 Å². The maximum absolute atomic E-state index is 11.2. The first-order valence-corrected chi connectivity index (χ1v) is 10.1. The normalized spacial score (nSPS) is 35.5. The molecule has 3 fully saturated rings. The Bertz CT molecular complexity index is 630. The van der Waals surface area contributed by atoms with Gasteiger partial charge in [0.05, 0.1) is 16.8 Å². The summed E-state index contributed by atoms with van der Waals surface area (Å²) in [5, 5.41) is 14.8. The zero-order valence-electron chi connectivity index (χ0n) is 16.5. The fraction of sp³-hybridized carbons (Fsp3) is 0.714. The molecule has 26 heavy (non-hydrogen) atoms. The summed E-state index contributed by atoms with van der Waals surface area (Å²) in [5.41, 5.74) is 1.01. The second kappa shape index (κ2) is 6.34. The summed E-state index contributed by atoms with van der Waals surface area (Å²) in [6.07, 6.45) is 6.14. The van der Waals surface area contributed by atoms with Crippen molar-refractivity contribution in [3.8, 4) is 0 Å². The Hall–Kier alpha value is -0.875. The number of piperidine rings is 2. The van der Waals surface area contributed by atoms with Crippen molar-refractivity contribution in [2.45, 2.75) is 95.1 Å². The monoisotopic (exact) mass is 357 g/mol. The molecule has 2 bridgehead atoms. The summed E-state index contributed by atoms with van der Waals surface area (Å²) in [4.78, 5) is 0. The van der Waals surface area contributed by atoms with E-state index in [4.69, 9.17) is 9.31 Å². The third kappa shape index (κ3) is 3.47. The van der Waals surface area contributed by atoms with E-state index in [1.165, 1.54) is 24.8 Å². The molecule has 3 aliphatic rings. The Balaban J connectivity index is 1.44. The Morgan fingerprint density at radius 3 is 2.08 bits per heavy atom. The van der Waals surface area contributed by atoms with Crippen LogP contribution in [-0.2, 0) is 15.7 Å². The van der Waals surface area contributed by atoms with Gasteiger partial charge in [-0.25, -0.2) is 0 Å². The third-order valence-corrected chi connectivity index (χ3v) is 6.87. The number of nitrogens with one attached hydrogen (secondary N) is 1. The summed E-state index contributed by atoms with van der Waals surface area (Å²) in [7, 11) is -0.324. The van der Waals surface area contributed by atoms with E-state index in [-0.39, 0.29) is 18.3 Å². The van der Waals surface area contributed by atoms with Gasteiger partial charge in [0.15, 0.2) is 0 Å². The van der Waals surface area contributed by atoms with Crippen molar-refractivity contribution in [2.24, 2.45) is 0 Å². The molecule has 3 saturated heterocycles. The van der Waals surface area contributed by atoms with Crippen molar-refractivity contribution in [1.29, 1.82) is 0 Å². The molecular formula is C21H32BNO3. The Kier molecular flexibility index (Phi) is 4.50. The minimum Gasteiger partial charge on any atom is -0.399 e. The molecule has 0 saturated carbocycles. The first-order valence-electron chi connectivity index (χ1n) is 10.1. The standard InChI is InChI=1S/C21H32BNO3/c1-19(2)20(3,4)26-22(25-19)16-10-8-15(9-11-16)12-21(24)13-17-6-5-7-18(14-21)23-17/h8-11,17-18,23-24H,5-7,12-14H2,1-4H3. The summed E-state index contributed by atoms with van der Waals surface area (Å²) in [6.45, 7) is 8.30. The van der Waals surface area contributed by atoms with Gasteiger partial charge in [0, 0.05) is 18.5 Å². The highest BCUT2D eigenvalue weighted by atomic mass is 16.7. The quantitative estimate of drug-likeness (QED) is 0.817. The van der Waals surface area contributed by atoms with Crippen LogP contribution >= 0.6 is 0 Å². The fourth-order valence-electron chi connectivity index (χ4n) is 4.73. The lowest BCUT2D eigenvalue weighted by Crippen LogP contribution is -2.56. The molecule has 0 aromatic heterocycles. The number of rotatable bonds is 3. The number of fused-ring (bicyclic) bond motifs is 2. The number of hydrogen-bond acceptors (Lipinski definition) is 4. The topological polar surface area (TPSA) is 50.7 Å². The molecule has 2 atom stereocenters. The molecule has 4 rings (SSSR count). The molecular weight excluding hydrogens is 325 g/mol. The van der Waals surface area contributed by atoms with E-state index in [0.717, 1.165) is 24.7 Å². The predicted molar refractivity (Wildman–Crippen MR) is 105 cm³/mol. The highest BCUT2D eigenvalue weighted by molar-refractivity contribution is 6.62. The Morgan fingerprint density at radius 1 is 1.00 bits per heavy atom. The van der Waals surface area contributed by atoms with Crippen molar-refractivity contribution in [1.82, 2.24) is 5.32 Å². The molecule has 0 radical (unpaired) electrons. The molecule has 142 valence electrons. The van der Waals surface area contributed by atoms with Crippen molar-refractivity contribution >= 4 is 12.6 Å². The van der Waals surface area contributed by atoms with Crippen molar-refractivity contribution in [3.63, 3.8) is 0 Å². The third-order valence-electron chi connectivity index (χ3n) is 6.87. The first kappa shape index (κ1) is 18.5. The number of aliphatic hydroxyl groups is 1. The van der Waals surface area contributed by atoms with Gasteiger partial charge in [-0.2, -0.15) is 0 Å². The van der Waals surface area contributed by atoms with Crippen molar-refractivity contribution in [2.75, 3.05) is 0 Å². The summed E-state index contributed by atoms with van der Waals surface area (Å²) < 4.78 is 12.3. The van der Waals surface area contributed by atoms with E-state index in [2.05, 4.69) is 57.3 Å². The van der Waals surface area contributed by atoms with Gasteiger partial charge in [-0.3, -0.25) is 0 Å². The van der Waals surface area contributed by atoms with Gasteiger partial charge in [0.2, 0.25) is 0 Å². The van der Waals surface area contributed by atoms with Crippen molar-refractivity contribution in [3.05, 3.63) is 29.8 Å². The van der Waals surface area contributed by atoms with E-state index in [0.29, 0.717) is 12.1 Å². The van der Waals surface area contributed by atoms with Crippen LogP contribution in [-0.4, -0.2) is 41.1 Å². The molecule has 3 aliphatic heterocycles. The van der Waals surface area contributed by atoms with Crippen LogP contribution in [0, 0.1) is 0 Å². The lowest BCUT2D eigenvalue weighted by Gasteiger charge is -2.45. The molecule has 3 heterocycles.